The van der Waals surface area contributed by atoms with Crippen molar-refractivity contribution < 1.29 is 0 Å². The average Bonchev–Trinajstić information content (AvgIpc) is 2.56. The molecule has 0 bridgehead atoms. The summed E-state index contributed by atoms with van der Waals surface area (Å²) in [5.74, 6) is 2.39. The van der Waals surface area contributed by atoms with E-state index in [2.05, 4.69) is 61.7 Å². The standard InChI is InChI=1S/C19H24S4/c20-16-10-4-6-12-18(16)22-14-8-2-1-3-9-15-23-19-13-7-5-11-17(19)21/h4-7,10-13,20-21H,1-3,8-9,14-15H2. The molecule has 0 N–H and O–H groups in total. The lowest BCUT2D eigenvalue weighted by molar-refractivity contribution is 0.662. The molecule has 0 amide bonds. The second kappa shape index (κ2) is 11.4. The third kappa shape index (κ3) is 7.51. The van der Waals surface area contributed by atoms with E-state index in [0.717, 1.165) is 9.79 Å². The molecule has 124 valence electrons. The van der Waals surface area contributed by atoms with E-state index in [-0.39, 0.29) is 0 Å². The summed E-state index contributed by atoms with van der Waals surface area (Å²) in [5, 5.41) is 0. The van der Waals surface area contributed by atoms with Gasteiger partial charge in [-0.3, -0.25) is 0 Å². The van der Waals surface area contributed by atoms with Crippen molar-refractivity contribution in [2.24, 2.45) is 0 Å². The third-order valence-corrected chi connectivity index (χ3v) is 6.94. The Morgan fingerprint density at radius 1 is 0.565 bits per heavy atom. The van der Waals surface area contributed by atoms with Gasteiger partial charge in [-0.1, -0.05) is 43.5 Å². The van der Waals surface area contributed by atoms with Gasteiger partial charge in [0.15, 0.2) is 0 Å². The highest BCUT2D eigenvalue weighted by Gasteiger charge is 2.00. The quantitative estimate of drug-likeness (QED) is 0.256. The summed E-state index contributed by atoms with van der Waals surface area (Å²) in [4.78, 5) is 4.80. The predicted octanol–water partition coefficient (Wildman–Crippen LogP) is 7.10. The van der Waals surface area contributed by atoms with Crippen molar-refractivity contribution in [1.29, 1.82) is 0 Å². The molecular formula is C19H24S4. The van der Waals surface area contributed by atoms with E-state index in [1.165, 1.54) is 53.4 Å². The van der Waals surface area contributed by atoms with Crippen LogP contribution in [0.2, 0.25) is 0 Å². The lowest BCUT2D eigenvalue weighted by Gasteiger charge is -2.05. The minimum Gasteiger partial charge on any atom is -0.142 e. The fourth-order valence-corrected chi connectivity index (χ4v) is 4.88. The van der Waals surface area contributed by atoms with Gasteiger partial charge in [-0.15, -0.1) is 48.8 Å². The van der Waals surface area contributed by atoms with E-state index in [1.807, 2.05) is 35.7 Å². The number of hydrogen-bond donors (Lipinski definition) is 2. The topological polar surface area (TPSA) is 0 Å². The Labute approximate surface area is 160 Å². The maximum atomic E-state index is 4.49. The second-order valence-corrected chi connectivity index (χ2v) is 8.64. The van der Waals surface area contributed by atoms with Crippen LogP contribution in [0.3, 0.4) is 0 Å². The molecular weight excluding hydrogens is 356 g/mol. The average molecular weight is 381 g/mol. The molecule has 0 unspecified atom stereocenters. The van der Waals surface area contributed by atoms with E-state index >= 15 is 0 Å². The van der Waals surface area contributed by atoms with Crippen LogP contribution >= 0.6 is 48.8 Å². The molecule has 2 aromatic rings. The van der Waals surface area contributed by atoms with Crippen LogP contribution in [0.25, 0.3) is 0 Å². The van der Waals surface area contributed by atoms with Crippen molar-refractivity contribution in [2.75, 3.05) is 11.5 Å². The first kappa shape index (κ1) is 19.2. The maximum Gasteiger partial charge on any atom is 0.0205 e. The fourth-order valence-electron chi connectivity index (χ4n) is 2.26. The van der Waals surface area contributed by atoms with Crippen LogP contribution in [0.1, 0.15) is 32.1 Å². The molecule has 2 rings (SSSR count). The Balaban J connectivity index is 1.47. The number of hydrogen-bond acceptors (Lipinski definition) is 4. The van der Waals surface area contributed by atoms with Crippen LogP contribution in [-0.4, -0.2) is 11.5 Å². The van der Waals surface area contributed by atoms with Crippen molar-refractivity contribution in [3.63, 3.8) is 0 Å². The van der Waals surface area contributed by atoms with Crippen LogP contribution < -0.4 is 0 Å². The summed E-state index contributed by atoms with van der Waals surface area (Å²) in [7, 11) is 0. The SMILES string of the molecule is Sc1ccccc1SCCCCCCCSc1ccccc1S. The smallest absolute Gasteiger partial charge is 0.0205 e. The molecule has 23 heavy (non-hydrogen) atoms. The Bertz CT molecular complexity index is 532. The number of benzene rings is 2. The minimum atomic E-state index is 1.10. The first-order valence-corrected chi connectivity index (χ1v) is 11.0. The van der Waals surface area contributed by atoms with Gasteiger partial charge < -0.3 is 0 Å². The summed E-state index contributed by atoms with van der Waals surface area (Å²) < 4.78 is 0. The highest BCUT2D eigenvalue weighted by atomic mass is 32.2. The lowest BCUT2D eigenvalue weighted by atomic mass is 10.2. The second-order valence-electron chi connectivity index (χ2n) is 5.40. The van der Waals surface area contributed by atoms with E-state index in [0.29, 0.717) is 0 Å². The van der Waals surface area contributed by atoms with E-state index in [1.54, 1.807) is 0 Å². The Morgan fingerprint density at radius 3 is 1.39 bits per heavy atom. The molecule has 0 saturated heterocycles. The Morgan fingerprint density at radius 2 is 0.957 bits per heavy atom. The summed E-state index contributed by atoms with van der Waals surface area (Å²) in [5.41, 5.74) is 0. The van der Waals surface area contributed by atoms with E-state index < -0.39 is 0 Å². The zero-order valence-electron chi connectivity index (χ0n) is 13.3. The molecule has 0 aliphatic carbocycles. The van der Waals surface area contributed by atoms with Crippen molar-refractivity contribution in [3.05, 3.63) is 48.5 Å². The van der Waals surface area contributed by atoms with E-state index in [9.17, 15) is 0 Å². The van der Waals surface area contributed by atoms with Gasteiger partial charge in [-0.05, 0) is 48.6 Å². The van der Waals surface area contributed by atoms with Gasteiger partial charge in [-0.2, -0.15) is 0 Å². The van der Waals surface area contributed by atoms with Gasteiger partial charge in [0.05, 0.1) is 0 Å². The molecule has 0 radical (unpaired) electrons. The summed E-state index contributed by atoms with van der Waals surface area (Å²) in [6.07, 6.45) is 6.58. The van der Waals surface area contributed by atoms with Crippen molar-refractivity contribution in [2.45, 2.75) is 51.7 Å². The minimum absolute atomic E-state index is 1.10. The zero-order chi connectivity index (χ0) is 16.3. The number of thioether (sulfide) groups is 2. The molecule has 0 aliphatic heterocycles. The van der Waals surface area contributed by atoms with Crippen LogP contribution in [0.4, 0.5) is 0 Å². The molecule has 0 heterocycles. The highest BCUT2D eigenvalue weighted by Crippen LogP contribution is 2.27. The zero-order valence-corrected chi connectivity index (χ0v) is 16.7. The first-order chi connectivity index (χ1) is 11.3. The van der Waals surface area contributed by atoms with Crippen molar-refractivity contribution in [1.82, 2.24) is 0 Å². The Hall–Kier alpha value is -0.160. The van der Waals surface area contributed by atoms with Crippen molar-refractivity contribution >= 4 is 48.8 Å². The number of thiol groups is 2. The van der Waals surface area contributed by atoms with Crippen LogP contribution in [0, 0.1) is 0 Å². The van der Waals surface area contributed by atoms with Gasteiger partial charge in [0.2, 0.25) is 0 Å². The largest absolute Gasteiger partial charge is 0.142 e. The van der Waals surface area contributed by atoms with Gasteiger partial charge in [0, 0.05) is 19.6 Å². The summed E-state index contributed by atoms with van der Waals surface area (Å²) in [6.45, 7) is 0. The molecule has 0 aromatic heterocycles. The number of rotatable bonds is 10. The third-order valence-electron chi connectivity index (χ3n) is 3.53. The summed E-state index contributed by atoms with van der Waals surface area (Å²) >= 11 is 12.8. The van der Waals surface area contributed by atoms with Crippen LogP contribution in [0.5, 0.6) is 0 Å². The molecule has 0 atom stereocenters. The normalized spacial score (nSPS) is 10.9. The molecule has 0 aliphatic rings. The molecule has 0 fully saturated rings. The Kier molecular flexibility index (Phi) is 9.50. The van der Waals surface area contributed by atoms with Crippen LogP contribution in [-0.2, 0) is 0 Å². The summed E-state index contributed by atoms with van der Waals surface area (Å²) in [6, 6.07) is 16.7. The molecule has 0 spiro atoms. The fraction of sp³-hybridized carbons (Fsp3) is 0.368. The predicted molar refractivity (Wildman–Crippen MR) is 112 cm³/mol. The van der Waals surface area contributed by atoms with E-state index in [4.69, 9.17) is 0 Å². The molecule has 0 saturated carbocycles. The molecule has 0 nitrogen and oxygen atoms in total. The monoisotopic (exact) mass is 380 g/mol. The highest BCUT2D eigenvalue weighted by molar-refractivity contribution is 8.00. The van der Waals surface area contributed by atoms with Crippen molar-refractivity contribution in [3.8, 4) is 0 Å². The lowest BCUT2D eigenvalue weighted by Crippen LogP contribution is -1.85. The molecule has 2 aromatic carbocycles. The molecule has 4 heteroatoms. The maximum absolute atomic E-state index is 4.49. The van der Waals surface area contributed by atoms with Crippen LogP contribution in [0.15, 0.2) is 68.1 Å². The van der Waals surface area contributed by atoms with Gasteiger partial charge >= 0.3 is 0 Å². The number of unbranched alkanes of at least 4 members (excludes halogenated alkanes) is 4. The van der Waals surface area contributed by atoms with Gasteiger partial charge in [-0.25, -0.2) is 0 Å². The first-order valence-electron chi connectivity index (χ1n) is 8.09. The van der Waals surface area contributed by atoms with Gasteiger partial charge in [0.25, 0.3) is 0 Å². The van der Waals surface area contributed by atoms with Gasteiger partial charge in [0.1, 0.15) is 0 Å².